The average molecular weight is 254 g/mol. The molecule has 0 saturated heterocycles. The molecule has 2 aromatic rings. The number of ether oxygens (including phenoxy) is 1. The van der Waals surface area contributed by atoms with Crippen LogP contribution >= 0.6 is 15.9 Å². The zero-order valence-electron chi connectivity index (χ0n) is 7.53. The fourth-order valence-corrected chi connectivity index (χ4v) is 1.78. The minimum Gasteiger partial charge on any atom is -0.618 e. The summed E-state index contributed by atoms with van der Waals surface area (Å²) in [6.45, 7) is 0. The Morgan fingerprint density at radius 2 is 2.14 bits per heavy atom. The van der Waals surface area contributed by atoms with Crippen molar-refractivity contribution in [1.29, 1.82) is 0 Å². The van der Waals surface area contributed by atoms with E-state index in [1.165, 1.54) is 6.20 Å². The van der Waals surface area contributed by atoms with E-state index < -0.39 is 0 Å². The van der Waals surface area contributed by atoms with Gasteiger partial charge in [-0.1, -0.05) is 6.07 Å². The summed E-state index contributed by atoms with van der Waals surface area (Å²) in [7, 11) is 1.60. The molecule has 72 valence electrons. The van der Waals surface area contributed by atoms with Gasteiger partial charge in [-0.05, 0) is 17.5 Å². The summed E-state index contributed by atoms with van der Waals surface area (Å²) in [5.74, 6) is 0.740. The zero-order valence-corrected chi connectivity index (χ0v) is 9.11. The van der Waals surface area contributed by atoms with Crippen LogP contribution in [0.5, 0.6) is 5.75 Å². The van der Waals surface area contributed by atoms with E-state index in [1.807, 2.05) is 18.2 Å². The summed E-state index contributed by atoms with van der Waals surface area (Å²) in [5, 5.41) is 13.1. The Labute approximate surface area is 89.6 Å². The third kappa shape index (κ3) is 1.42. The van der Waals surface area contributed by atoms with Crippen molar-refractivity contribution in [3.05, 3.63) is 40.3 Å². The number of pyridine rings is 1. The molecular formula is C10H8BrNO2. The van der Waals surface area contributed by atoms with Gasteiger partial charge in [0.25, 0.3) is 4.60 Å². The Bertz CT molecular complexity index is 485. The Morgan fingerprint density at radius 3 is 2.86 bits per heavy atom. The van der Waals surface area contributed by atoms with E-state index in [1.54, 1.807) is 13.2 Å². The highest BCUT2D eigenvalue weighted by atomic mass is 79.9. The van der Waals surface area contributed by atoms with Crippen LogP contribution < -0.4 is 9.47 Å². The quantitative estimate of drug-likeness (QED) is 0.444. The first-order valence-corrected chi connectivity index (χ1v) is 4.87. The minimum atomic E-state index is 0.508. The molecule has 0 unspecified atom stereocenters. The highest BCUT2D eigenvalue weighted by Gasteiger charge is 2.08. The predicted molar refractivity (Wildman–Crippen MR) is 57.2 cm³/mol. The van der Waals surface area contributed by atoms with E-state index in [2.05, 4.69) is 15.9 Å². The van der Waals surface area contributed by atoms with Gasteiger partial charge in [0, 0.05) is 22.0 Å². The highest BCUT2D eigenvalue weighted by molar-refractivity contribution is 9.10. The second-order valence-electron chi connectivity index (χ2n) is 2.89. The maximum absolute atomic E-state index is 11.3. The molecule has 0 spiro atoms. The van der Waals surface area contributed by atoms with Crippen molar-refractivity contribution in [3.63, 3.8) is 0 Å². The van der Waals surface area contributed by atoms with Crippen LogP contribution in [0, 0.1) is 5.21 Å². The number of nitrogens with zero attached hydrogens (tertiary/aromatic N) is 1. The number of fused-ring (bicyclic) bond motifs is 1. The lowest BCUT2D eigenvalue weighted by Gasteiger charge is -2.04. The first-order chi connectivity index (χ1) is 6.72. The fourth-order valence-electron chi connectivity index (χ4n) is 1.32. The van der Waals surface area contributed by atoms with Crippen molar-refractivity contribution >= 4 is 26.7 Å². The molecule has 0 aliphatic heterocycles. The Hall–Kier alpha value is -1.29. The van der Waals surface area contributed by atoms with Crippen LogP contribution in [0.1, 0.15) is 0 Å². The Kier molecular flexibility index (Phi) is 2.29. The molecule has 0 bridgehead atoms. The van der Waals surface area contributed by atoms with Gasteiger partial charge in [0.1, 0.15) is 5.75 Å². The molecule has 0 saturated carbocycles. The molecule has 0 fully saturated rings. The summed E-state index contributed by atoms with van der Waals surface area (Å²) < 4.78 is 6.37. The molecule has 4 heteroatoms. The van der Waals surface area contributed by atoms with Crippen LogP contribution in [-0.2, 0) is 0 Å². The smallest absolute Gasteiger partial charge is 0.267 e. The molecule has 0 aliphatic carbocycles. The molecule has 3 nitrogen and oxygen atoms in total. The van der Waals surface area contributed by atoms with E-state index in [0.29, 0.717) is 4.60 Å². The lowest BCUT2D eigenvalue weighted by atomic mass is 10.2. The predicted octanol–water partition coefficient (Wildman–Crippen LogP) is 2.24. The third-order valence-corrected chi connectivity index (χ3v) is 2.84. The molecule has 2 rings (SSSR count). The van der Waals surface area contributed by atoms with Crippen molar-refractivity contribution in [2.24, 2.45) is 0 Å². The van der Waals surface area contributed by atoms with E-state index in [0.717, 1.165) is 21.3 Å². The SMILES string of the molecule is COc1ccc2cc[n+]([O-])c(Br)c2c1. The molecule has 0 N–H and O–H groups in total. The monoisotopic (exact) mass is 253 g/mol. The summed E-state index contributed by atoms with van der Waals surface area (Å²) >= 11 is 3.24. The zero-order chi connectivity index (χ0) is 10.1. The van der Waals surface area contributed by atoms with Crippen LogP contribution in [0.4, 0.5) is 0 Å². The summed E-state index contributed by atoms with van der Waals surface area (Å²) in [5.41, 5.74) is 0. The van der Waals surface area contributed by atoms with Gasteiger partial charge in [-0.25, -0.2) is 0 Å². The molecular weight excluding hydrogens is 246 g/mol. The summed E-state index contributed by atoms with van der Waals surface area (Å²) in [6, 6.07) is 7.38. The third-order valence-electron chi connectivity index (χ3n) is 2.07. The first kappa shape index (κ1) is 9.27. The normalized spacial score (nSPS) is 10.4. The van der Waals surface area contributed by atoms with Crippen molar-refractivity contribution in [2.75, 3.05) is 7.11 Å². The van der Waals surface area contributed by atoms with Crippen LogP contribution in [0.15, 0.2) is 35.1 Å². The fraction of sp³-hybridized carbons (Fsp3) is 0.100. The molecule has 0 amide bonds. The van der Waals surface area contributed by atoms with Crippen LogP contribution in [0.2, 0.25) is 0 Å². The lowest BCUT2D eigenvalue weighted by molar-refractivity contribution is -0.615. The van der Waals surface area contributed by atoms with Crippen LogP contribution in [-0.4, -0.2) is 7.11 Å². The van der Waals surface area contributed by atoms with E-state index in [-0.39, 0.29) is 0 Å². The topological polar surface area (TPSA) is 36.2 Å². The highest BCUT2D eigenvalue weighted by Crippen LogP contribution is 2.24. The first-order valence-electron chi connectivity index (χ1n) is 4.08. The van der Waals surface area contributed by atoms with Crippen LogP contribution in [0.3, 0.4) is 0 Å². The van der Waals surface area contributed by atoms with Gasteiger partial charge in [-0.15, -0.1) is 0 Å². The molecule has 1 aromatic heterocycles. The molecule has 1 aromatic carbocycles. The van der Waals surface area contributed by atoms with E-state index in [4.69, 9.17) is 4.74 Å². The maximum Gasteiger partial charge on any atom is 0.267 e. The number of benzene rings is 1. The van der Waals surface area contributed by atoms with Crippen LogP contribution in [0.25, 0.3) is 10.8 Å². The van der Waals surface area contributed by atoms with E-state index in [9.17, 15) is 5.21 Å². The largest absolute Gasteiger partial charge is 0.618 e. The average Bonchev–Trinajstić information content (AvgIpc) is 2.23. The van der Waals surface area contributed by atoms with Crippen molar-refractivity contribution < 1.29 is 9.47 Å². The number of methoxy groups -OCH3 is 1. The second kappa shape index (κ2) is 3.46. The molecule has 14 heavy (non-hydrogen) atoms. The van der Waals surface area contributed by atoms with E-state index >= 15 is 0 Å². The summed E-state index contributed by atoms with van der Waals surface area (Å²) in [6.07, 6.45) is 1.47. The summed E-state index contributed by atoms with van der Waals surface area (Å²) in [4.78, 5) is 0. The standard InChI is InChI=1S/C10H8BrNO2/c1-14-8-3-2-7-4-5-12(13)10(11)9(7)6-8/h2-6H,1H3. The number of halogens is 1. The van der Waals surface area contributed by atoms with Gasteiger partial charge in [0.15, 0.2) is 6.20 Å². The number of aromatic nitrogens is 1. The van der Waals surface area contributed by atoms with Gasteiger partial charge in [0.2, 0.25) is 0 Å². The van der Waals surface area contributed by atoms with Crippen molar-refractivity contribution in [2.45, 2.75) is 0 Å². The molecule has 0 aliphatic rings. The molecule has 1 heterocycles. The van der Waals surface area contributed by atoms with Crippen molar-refractivity contribution in [3.8, 4) is 5.75 Å². The Balaban J connectivity index is 2.78. The molecule has 0 atom stereocenters. The number of hydrogen-bond donors (Lipinski definition) is 0. The van der Waals surface area contributed by atoms with Crippen molar-refractivity contribution in [1.82, 2.24) is 0 Å². The molecule has 0 radical (unpaired) electrons. The van der Waals surface area contributed by atoms with Gasteiger partial charge in [-0.3, -0.25) is 0 Å². The second-order valence-corrected chi connectivity index (χ2v) is 3.64. The maximum atomic E-state index is 11.3. The van der Waals surface area contributed by atoms with Gasteiger partial charge >= 0.3 is 0 Å². The lowest BCUT2D eigenvalue weighted by Crippen LogP contribution is -2.26. The van der Waals surface area contributed by atoms with Gasteiger partial charge in [0.05, 0.1) is 12.5 Å². The number of rotatable bonds is 1. The van der Waals surface area contributed by atoms with Gasteiger partial charge in [-0.2, -0.15) is 4.73 Å². The number of hydrogen-bond acceptors (Lipinski definition) is 2. The minimum absolute atomic E-state index is 0.508. The van der Waals surface area contributed by atoms with Gasteiger partial charge < -0.3 is 9.94 Å². The Morgan fingerprint density at radius 1 is 1.36 bits per heavy atom.